The lowest BCUT2D eigenvalue weighted by molar-refractivity contribution is -0.135. The van der Waals surface area contributed by atoms with E-state index in [4.69, 9.17) is 4.74 Å². The van der Waals surface area contributed by atoms with Crippen molar-refractivity contribution >= 4 is 17.5 Å². The van der Waals surface area contributed by atoms with Crippen molar-refractivity contribution in [1.82, 2.24) is 4.57 Å². The number of carbonyl (C=O) groups is 2. The Balaban J connectivity index is 2.26. The zero-order valence-corrected chi connectivity index (χ0v) is 18.7. The molecule has 176 valence electrons. The van der Waals surface area contributed by atoms with Crippen molar-refractivity contribution in [2.45, 2.75) is 26.7 Å². The highest BCUT2D eigenvalue weighted by atomic mass is 19.1. The van der Waals surface area contributed by atoms with Gasteiger partial charge in [-0.15, -0.1) is 0 Å². The van der Waals surface area contributed by atoms with Gasteiger partial charge in [-0.1, -0.05) is 29.4 Å². The fourth-order valence-corrected chi connectivity index (χ4v) is 3.73. The molecule has 1 unspecified atom stereocenters. The first-order valence-electron chi connectivity index (χ1n) is 10.4. The van der Waals surface area contributed by atoms with Gasteiger partial charge < -0.3 is 9.94 Å². The van der Waals surface area contributed by atoms with Crippen molar-refractivity contribution in [2.24, 2.45) is 5.16 Å². The number of nitrogens with zero attached hydrogens (tertiary/aromatic N) is 2. The van der Waals surface area contributed by atoms with Crippen LogP contribution in [0.5, 0.6) is 0 Å². The first kappa shape index (κ1) is 24.5. The van der Waals surface area contributed by atoms with Crippen LogP contribution < -0.4 is 5.56 Å². The quantitative estimate of drug-likeness (QED) is 0.185. The summed E-state index contributed by atoms with van der Waals surface area (Å²) < 4.78 is 34.1. The van der Waals surface area contributed by atoms with E-state index in [2.05, 4.69) is 5.16 Å². The van der Waals surface area contributed by atoms with Crippen LogP contribution in [0.1, 0.15) is 39.9 Å². The van der Waals surface area contributed by atoms with Crippen LogP contribution >= 0.6 is 0 Å². The van der Waals surface area contributed by atoms with E-state index >= 15 is 0 Å². The normalized spacial score (nSPS) is 12.3. The molecule has 1 N–H and O–H groups in total. The summed E-state index contributed by atoms with van der Waals surface area (Å²) in [5, 5.41) is 12.6. The number of halogens is 2. The minimum Gasteiger partial charge on any atom is -0.461 e. The fraction of sp³-hybridized carbons (Fsp3) is 0.200. The minimum absolute atomic E-state index is 0.0665. The number of Topliss-reactive ketones (excluding diaryl/α,β-unsaturated/α-hetero) is 1. The van der Waals surface area contributed by atoms with E-state index in [9.17, 15) is 28.4 Å². The summed E-state index contributed by atoms with van der Waals surface area (Å²) in [6.07, 6.45) is 1.33. The number of para-hydroxylation sites is 1. The summed E-state index contributed by atoms with van der Waals surface area (Å²) in [6.45, 7) is 5.05. The average molecular weight is 468 g/mol. The molecule has 0 fully saturated rings. The second-order valence-corrected chi connectivity index (χ2v) is 7.54. The van der Waals surface area contributed by atoms with E-state index in [0.717, 1.165) is 23.3 Å². The Morgan fingerprint density at radius 3 is 2.35 bits per heavy atom. The monoisotopic (exact) mass is 468 g/mol. The van der Waals surface area contributed by atoms with Gasteiger partial charge in [-0.25, -0.2) is 13.6 Å². The average Bonchev–Trinajstić information content (AvgIpc) is 2.78. The van der Waals surface area contributed by atoms with Crippen LogP contribution in [0.3, 0.4) is 0 Å². The van der Waals surface area contributed by atoms with Crippen LogP contribution in [0.4, 0.5) is 8.78 Å². The van der Waals surface area contributed by atoms with Gasteiger partial charge in [0.2, 0.25) is 0 Å². The molecule has 7 nitrogen and oxygen atoms in total. The molecule has 0 saturated carbocycles. The Morgan fingerprint density at radius 1 is 1.09 bits per heavy atom. The molecule has 3 rings (SSSR count). The fourth-order valence-electron chi connectivity index (χ4n) is 3.73. The Morgan fingerprint density at radius 2 is 1.76 bits per heavy atom. The number of oxime groups is 1. The lowest BCUT2D eigenvalue weighted by atomic mass is 9.87. The highest BCUT2D eigenvalue weighted by Gasteiger charge is 2.35. The largest absolute Gasteiger partial charge is 0.461 e. The number of carbonyl (C=O) groups excluding carboxylic acids is 2. The topological polar surface area (TPSA) is 98.0 Å². The molecule has 3 aromatic rings. The molecule has 0 saturated heterocycles. The number of pyridine rings is 1. The molecule has 0 radical (unpaired) electrons. The summed E-state index contributed by atoms with van der Waals surface area (Å²) in [5.74, 6) is -5.77. The summed E-state index contributed by atoms with van der Waals surface area (Å²) in [5.41, 5.74) is 0.521. The summed E-state index contributed by atoms with van der Waals surface area (Å²) in [4.78, 5) is 38.6. The molecule has 34 heavy (non-hydrogen) atoms. The second kappa shape index (κ2) is 10.2. The molecular formula is C25H22F2N2O5. The van der Waals surface area contributed by atoms with Gasteiger partial charge in [0.25, 0.3) is 5.56 Å². The number of aromatic nitrogens is 1. The van der Waals surface area contributed by atoms with Crippen molar-refractivity contribution in [3.05, 3.63) is 99.0 Å². The minimum atomic E-state index is -1.64. The van der Waals surface area contributed by atoms with E-state index < -0.39 is 46.1 Å². The standard InChI is InChI=1S/C25H22F2N2O5/c1-4-34-25(32)22(28-33)21(24(31)18-10-9-17(26)12-19(18)27)16-8-11-20(30)29(13-16)23-14(2)6-5-7-15(23)3/h5-13,21,33H,4H2,1-3H3. The van der Waals surface area contributed by atoms with Crippen LogP contribution in [0.2, 0.25) is 0 Å². The highest BCUT2D eigenvalue weighted by molar-refractivity contribution is 6.43. The molecule has 0 aliphatic heterocycles. The van der Waals surface area contributed by atoms with Crippen LogP contribution in [0.25, 0.3) is 5.69 Å². The number of ketones is 1. The van der Waals surface area contributed by atoms with Crippen LogP contribution in [-0.2, 0) is 9.53 Å². The number of benzene rings is 2. The molecule has 0 aliphatic carbocycles. The molecule has 9 heteroatoms. The maximum absolute atomic E-state index is 14.5. The molecule has 2 aromatic carbocycles. The molecule has 0 aliphatic rings. The predicted octanol–water partition coefficient (Wildman–Crippen LogP) is 4.09. The first-order chi connectivity index (χ1) is 16.2. The van der Waals surface area contributed by atoms with E-state index in [0.29, 0.717) is 11.8 Å². The van der Waals surface area contributed by atoms with E-state index in [1.54, 1.807) is 26.0 Å². The Bertz CT molecular complexity index is 1330. The van der Waals surface area contributed by atoms with Gasteiger partial charge in [0.15, 0.2) is 11.5 Å². The molecule has 0 amide bonds. The van der Waals surface area contributed by atoms with Crippen molar-refractivity contribution < 1.29 is 28.3 Å². The van der Waals surface area contributed by atoms with E-state index in [1.807, 2.05) is 6.07 Å². The predicted molar refractivity (Wildman–Crippen MR) is 121 cm³/mol. The number of aryl methyl sites for hydroxylation is 2. The zero-order chi connectivity index (χ0) is 25.0. The lowest BCUT2D eigenvalue weighted by Gasteiger charge is -2.19. The Kier molecular flexibility index (Phi) is 7.35. The summed E-state index contributed by atoms with van der Waals surface area (Å²) in [7, 11) is 0. The molecular weight excluding hydrogens is 446 g/mol. The summed E-state index contributed by atoms with van der Waals surface area (Å²) in [6, 6.07) is 10.2. The highest BCUT2D eigenvalue weighted by Crippen LogP contribution is 2.27. The zero-order valence-electron chi connectivity index (χ0n) is 18.7. The van der Waals surface area contributed by atoms with E-state index in [-0.39, 0.29) is 12.2 Å². The smallest absolute Gasteiger partial charge is 0.357 e. The van der Waals surface area contributed by atoms with Crippen LogP contribution in [-0.4, -0.2) is 33.8 Å². The van der Waals surface area contributed by atoms with Crippen LogP contribution in [0, 0.1) is 25.5 Å². The third-order valence-electron chi connectivity index (χ3n) is 5.27. The maximum Gasteiger partial charge on any atom is 0.357 e. The third kappa shape index (κ3) is 4.78. The SMILES string of the molecule is CCOC(=O)C(=NO)C(C(=O)c1ccc(F)cc1F)c1ccc(=O)n(-c2c(C)cccc2C)c1. The maximum atomic E-state index is 14.5. The van der Waals surface area contributed by atoms with Gasteiger partial charge in [-0.3, -0.25) is 14.2 Å². The molecule has 1 aromatic heterocycles. The van der Waals surface area contributed by atoms with Crippen molar-refractivity contribution in [1.29, 1.82) is 0 Å². The van der Waals surface area contributed by atoms with Gasteiger partial charge in [-0.2, -0.15) is 0 Å². The van der Waals surface area contributed by atoms with Crippen LogP contribution in [0.15, 0.2) is 64.7 Å². The van der Waals surface area contributed by atoms with Gasteiger partial charge >= 0.3 is 5.97 Å². The van der Waals surface area contributed by atoms with Gasteiger partial charge in [-0.05, 0) is 49.6 Å². The Hall–Kier alpha value is -4.14. The van der Waals surface area contributed by atoms with Gasteiger partial charge in [0.1, 0.15) is 17.6 Å². The van der Waals surface area contributed by atoms with Crippen molar-refractivity contribution in [3.63, 3.8) is 0 Å². The number of hydrogen-bond donors (Lipinski definition) is 1. The first-order valence-corrected chi connectivity index (χ1v) is 10.4. The van der Waals surface area contributed by atoms with E-state index in [1.165, 1.54) is 29.8 Å². The molecule has 0 bridgehead atoms. The van der Waals surface area contributed by atoms with Crippen molar-refractivity contribution in [3.8, 4) is 5.69 Å². The Labute approximate surface area is 193 Å². The number of ether oxygens (including phenoxy) is 1. The van der Waals surface area contributed by atoms with Gasteiger partial charge in [0, 0.05) is 18.3 Å². The second-order valence-electron chi connectivity index (χ2n) is 7.54. The number of rotatable bonds is 7. The van der Waals surface area contributed by atoms with Gasteiger partial charge in [0.05, 0.1) is 17.9 Å². The third-order valence-corrected chi connectivity index (χ3v) is 5.27. The number of esters is 1. The van der Waals surface area contributed by atoms with Crippen molar-refractivity contribution in [2.75, 3.05) is 6.61 Å². The summed E-state index contributed by atoms with van der Waals surface area (Å²) >= 11 is 0. The molecule has 0 spiro atoms. The number of hydrogen-bond acceptors (Lipinski definition) is 6. The molecule has 1 heterocycles. The molecule has 1 atom stereocenters. The lowest BCUT2D eigenvalue weighted by Crippen LogP contribution is -2.32.